The Labute approximate surface area is 75.7 Å². The van der Waals surface area contributed by atoms with Crippen LogP contribution in [0.5, 0.6) is 0 Å². The van der Waals surface area contributed by atoms with E-state index in [2.05, 4.69) is 15.6 Å². The third-order valence-electron chi connectivity index (χ3n) is 1.81. The quantitative estimate of drug-likeness (QED) is 0.475. The predicted octanol–water partition coefficient (Wildman–Crippen LogP) is 1.36. The zero-order chi connectivity index (χ0) is 9.10. The lowest BCUT2D eigenvalue weighted by molar-refractivity contribution is 1.08. The summed E-state index contributed by atoms with van der Waals surface area (Å²) in [4.78, 5) is 0. The smallest absolute Gasteiger partial charge is 0.162 e. The molecule has 1 aromatic heterocycles. The Morgan fingerprint density at radius 2 is 2.00 bits per heavy atom. The molecule has 66 valence electrons. The van der Waals surface area contributed by atoms with E-state index in [0.29, 0.717) is 5.82 Å². The van der Waals surface area contributed by atoms with Gasteiger partial charge >= 0.3 is 0 Å². The maximum absolute atomic E-state index is 5.21. The van der Waals surface area contributed by atoms with Gasteiger partial charge in [-0.2, -0.15) is 5.10 Å². The van der Waals surface area contributed by atoms with Crippen LogP contribution in [0.4, 0.5) is 5.82 Å². The van der Waals surface area contributed by atoms with Crippen molar-refractivity contribution in [3.8, 4) is 11.3 Å². The lowest BCUT2D eigenvalue weighted by atomic mass is 10.2. The zero-order valence-electron chi connectivity index (χ0n) is 6.99. The van der Waals surface area contributed by atoms with Gasteiger partial charge in [-0.25, -0.2) is 5.84 Å². The molecule has 0 bridgehead atoms. The van der Waals surface area contributed by atoms with Gasteiger partial charge in [0.2, 0.25) is 0 Å². The van der Waals surface area contributed by atoms with Crippen LogP contribution >= 0.6 is 0 Å². The van der Waals surface area contributed by atoms with Gasteiger partial charge < -0.3 is 5.43 Å². The number of benzene rings is 1. The van der Waals surface area contributed by atoms with Crippen LogP contribution in [0.25, 0.3) is 11.3 Å². The number of nitrogen functional groups attached to an aromatic ring is 1. The summed E-state index contributed by atoms with van der Waals surface area (Å²) in [5, 5.41) is 6.83. The van der Waals surface area contributed by atoms with Gasteiger partial charge in [0.05, 0.1) is 5.69 Å². The molecular weight excluding hydrogens is 164 g/mol. The first-order valence-electron chi connectivity index (χ1n) is 3.97. The number of aromatic amines is 1. The molecule has 0 fully saturated rings. The summed E-state index contributed by atoms with van der Waals surface area (Å²) >= 11 is 0. The molecule has 13 heavy (non-hydrogen) atoms. The molecule has 0 radical (unpaired) electrons. The highest BCUT2D eigenvalue weighted by Crippen LogP contribution is 2.18. The van der Waals surface area contributed by atoms with Gasteiger partial charge in [-0.1, -0.05) is 30.3 Å². The number of hydrogen-bond acceptors (Lipinski definition) is 3. The molecule has 1 heterocycles. The Morgan fingerprint density at radius 3 is 2.62 bits per heavy atom. The second-order valence-corrected chi connectivity index (χ2v) is 2.68. The number of anilines is 1. The van der Waals surface area contributed by atoms with E-state index >= 15 is 0 Å². The highest BCUT2D eigenvalue weighted by Gasteiger charge is 2.00. The Kier molecular flexibility index (Phi) is 1.97. The van der Waals surface area contributed by atoms with E-state index < -0.39 is 0 Å². The molecule has 0 aliphatic rings. The number of aromatic nitrogens is 2. The first-order valence-corrected chi connectivity index (χ1v) is 3.97. The number of H-pyrrole nitrogens is 1. The molecule has 0 spiro atoms. The Balaban J connectivity index is 2.36. The van der Waals surface area contributed by atoms with E-state index in [4.69, 9.17) is 5.84 Å². The first kappa shape index (κ1) is 7.82. The van der Waals surface area contributed by atoms with E-state index in [1.165, 1.54) is 0 Å². The predicted molar refractivity (Wildman–Crippen MR) is 51.8 cm³/mol. The van der Waals surface area contributed by atoms with Crippen molar-refractivity contribution >= 4 is 5.82 Å². The van der Waals surface area contributed by atoms with Crippen LogP contribution in [0.2, 0.25) is 0 Å². The monoisotopic (exact) mass is 174 g/mol. The Hall–Kier alpha value is -1.81. The number of nitrogens with one attached hydrogen (secondary N) is 2. The van der Waals surface area contributed by atoms with Crippen LogP contribution in [0.15, 0.2) is 36.4 Å². The standard InChI is InChI=1S/C9H10N4/c10-11-9-6-8(12-13-9)7-4-2-1-3-5-7/h1-6H,10H2,(H2,11,12,13). The van der Waals surface area contributed by atoms with E-state index in [1.807, 2.05) is 36.4 Å². The minimum Gasteiger partial charge on any atom is -0.307 e. The third-order valence-corrected chi connectivity index (χ3v) is 1.81. The molecule has 0 atom stereocenters. The molecule has 0 aliphatic carbocycles. The van der Waals surface area contributed by atoms with Crippen molar-refractivity contribution in [3.05, 3.63) is 36.4 Å². The minimum absolute atomic E-state index is 0.638. The van der Waals surface area contributed by atoms with E-state index in [-0.39, 0.29) is 0 Å². The summed E-state index contributed by atoms with van der Waals surface area (Å²) in [6.07, 6.45) is 0. The molecule has 4 N–H and O–H groups in total. The number of nitrogens with two attached hydrogens (primary N) is 1. The van der Waals surface area contributed by atoms with Crippen molar-refractivity contribution in [1.82, 2.24) is 10.2 Å². The molecule has 0 aliphatic heterocycles. The first-order chi connectivity index (χ1) is 6.40. The molecule has 2 aromatic rings. The highest BCUT2D eigenvalue weighted by molar-refractivity contribution is 5.62. The van der Waals surface area contributed by atoms with Crippen LogP contribution in [0.3, 0.4) is 0 Å². The average molecular weight is 174 g/mol. The SMILES string of the molecule is NNc1cc(-c2ccccc2)[nH]n1. The minimum atomic E-state index is 0.638. The van der Waals surface area contributed by atoms with E-state index in [0.717, 1.165) is 11.3 Å². The zero-order valence-corrected chi connectivity index (χ0v) is 6.99. The van der Waals surface area contributed by atoms with Crippen LogP contribution < -0.4 is 11.3 Å². The molecule has 2 rings (SSSR count). The van der Waals surface area contributed by atoms with Crippen molar-refractivity contribution in [3.63, 3.8) is 0 Å². The van der Waals surface area contributed by atoms with Crippen molar-refractivity contribution < 1.29 is 0 Å². The van der Waals surface area contributed by atoms with Crippen LogP contribution in [-0.2, 0) is 0 Å². The van der Waals surface area contributed by atoms with Gasteiger partial charge in [-0.3, -0.25) is 5.10 Å². The topological polar surface area (TPSA) is 66.7 Å². The van der Waals surface area contributed by atoms with Gasteiger partial charge in [-0.15, -0.1) is 0 Å². The highest BCUT2D eigenvalue weighted by atomic mass is 15.3. The van der Waals surface area contributed by atoms with Gasteiger partial charge in [0.25, 0.3) is 0 Å². The number of rotatable bonds is 2. The van der Waals surface area contributed by atoms with Crippen molar-refractivity contribution in [2.75, 3.05) is 5.43 Å². The summed E-state index contributed by atoms with van der Waals surface area (Å²) in [5.41, 5.74) is 4.52. The fourth-order valence-corrected chi connectivity index (χ4v) is 1.16. The van der Waals surface area contributed by atoms with Gasteiger partial charge in [-0.05, 0) is 5.56 Å². The van der Waals surface area contributed by atoms with Gasteiger partial charge in [0.1, 0.15) is 0 Å². The summed E-state index contributed by atoms with van der Waals surface area (Å²) < 4.78 is 0. The fourth-order valence-electron chi connectivity index (χ4n) is 1.16. The molecule has 0 saturated carbocycles. The Morgan fingerprint density at radius 1 is 1.23 bits per heavy atom. The lowest BCUT2D eigenvalue weighted by Gasteiger charge is -1.93. The molecule has 4 nitrogen and oxygen atoms in total. The third kappa shape index (κ3) is 1.52. The second kappa shape index (κ2) is 3.28. The summed E-state index contributed by atoms with van der Waals surface area (Å²) in [5.74, 6) is 5.85. The maximum atomic E-state index is 5.21. The maximum Gasteiger partial charge on any atom is 0.162 e. The number of hydrazine groups is 1. The molecule has 1 aromatic carbocycles. The lowest BCUT2D eigenvalue weighted by Crippen LogP contribution is -2.06. The molecule has 0 unspecified atom stereocenters. The summed E-state index contributed by atoms with van der Waals surface area (Å²) in [6, 6.07) is 11.8. The van der Waals surface area contributed by atoms with Gasteiger partial charge in [0, 0.05) is 6.07 Å². The van der Waals surface area contributed by atoms with Crippen LogP contribution in [0.1, 0.15) is 0 Å². The molecular formula is C9H10N4. The fraction of sp³-hybridized carbons (Fsp3) is 0. The van der Waals surface area contributed by atoms with E-state index in [1.54, 1.807) is 0 Å². The normalized spacial score (nSPS) is 9.92. The molecule has 0 amide bonds. The number of hydrogen-bond donors (Lipinski definition) is 3. The molecule has 4 heteroatoms. The van der Waals surface area contributed by atoms with Gasteiger partial charge in [0.15, 0.2) is 5.82 Å². The second-order valence-electron chi connectivity index (χ2n) is 2.68. The average Bonchev–Trinajstić information content (AvgIpc) is 2.67. The number of nitrogens with zero attached hydrogens (tertiary/aromatic N) is 1. The van der Waals surface area contributed by atoms with Crippen LogP contribution in [0, 0.1) is 0 Å². The van der Waals surface area contributed by atoms with Crippen LogP contribution in [-0.4, -0.2) is 10.2 Å². The largest absolute Gasteiger partial charge is 0.307 e. The van der Waals surface area contributed by atoms with E-state index in [9.17, 15) is 0 Å². The summed E-state index contributed by atoms with van der Waals surface area (Å²) in [6.45, 7) is 0. The van der Waals surface area contributed by atoms with Crippen molar-refractivity contribution in [2.24, 2.45) is 5.84 Å². The summed E-state index contributed by atoms with van der Waals surface area (Å²) in [7, 11) is 0. The Bertz CT molecular complexity index is 380. The van der Waals surface area contributed by atoms with Crippen molar-refractivity contribution in [1.29, 1.82) is 0 Å². The van der Waals surface area contributed by atoms with Crippen molar-refractivity contribution in [2.45, 2.75) is 0 Å². The molecule has 0 saturated heterocycles.